The van der Waals surface area contributed by atoms with Crippen molar-refractivity contribution in [2.45, 2.75) is 51.7 Å². The first-order chi connectivity index (χ1) is 10.7. The molecule has 0 spiro atoms. The predicted octanol–water partition coefficient (Wildman–Crippen LogP) is 3.21. The fraction of sp³-hybridized carbons (Fsp3) is 0.684. The normalized spacial score (nSPS) is 19.3. The maximum absolute atomic E-state index is 10.6. The lowest BCUT2D eigenvalue weighted by molar-refractivity contribution is 0.104. The van der Waals surface area contributed by atoms with Gasteiger partial charge in [-0.2, -0.15) is 0 Å². The van der Waals surface area contributed by atoms with Crippen molar-refractivity contribution >= 4 is 0 Å². The Balaban J connectivity index is 1.76. The summed E-state index contributed by atoms with van der Waals surface area (Å²) in [6.45, 7) is 9.03. The third-order valence-electron chi connectivity index (χ3n) is 4.68. The Morgan fingerprint density at radius 3 is 2.41 bits per heavy atom. The molecule has 124 valence electrons. The van der Waals surface area contributed by atoms with E-state index < -0.39 is 6.10 Å². The summed E-state index contributed by atoms with van der Waals surface area (Å²) in [5, 5.41) is 14.2. The summed E-state index contributed by atoms with van der Waals surface area (Å²) < 4.78 is 0. The third-order valence-corrected chi connectivity index (χ3v) is 4.68. The Kier molecular flexibility index (Phi) is 7.37. The van der Waals surface area contributed by atoms with Crippen LogP contribution in [0.15, 0.2) is 30.3 Å². The second-order valence-corrected chi connectivity index (χ2v) is 6.84. The number of rotatable bonds is 8. The first-order valence-corrected chi connectivity index (χ1v) is 8.87. The molecule has 0 aliphatic carbocycles. The molecule has 1 aromatic rings. The summed E-state index contributed by atoms with van der Waals surface area (Å²) in [5.41, 5.74) is 1.00. The number of likely N-dealkylation sites (tertiary alicyclic amines) is 1. The molecule has 0 radical (unpaired) electrons. The van der Waals surface area contributed by atoms with Gasteiger partial charge < -0.3 is 15.3 Å². The summed E-state index contributed by atoms with van der Waals surface area (Å²) in [7, 11) is 0. The molecule has 22 heavy (non-hydrogen) atoms. The molecule has 1 heterocycles. The molecule has 1 saturated heterocycles. The molecular formula is C19H32N2O. The summed E-state index contributed by atoms with van der Waals surface area (Å²) in [4.78, 5) is 2.57. The lowest BCUT2D eigenvalue weighted by atomic mass is 9.93. The Morgan fingerprint density at radius 1 is 1.09 bits per heavy atom. The van der Waals surface area contributed by atoms with E-state index in [2.05, 4.69) is 24.1 Å². The molecule has 3 nitrogen and oxygen atoms in total. The minimum atomic E-state index is -0.434. The molecule has 2 atom stereocenters. The number of aliphatic hydroxyl groups excluding tert-OH is 1. The van der Waals surface area contributed by atoms with Gasteiger partial charge in [0.2, 0.25) is 0 Å². The number of hydrogen-bond acceptors (Lipinski definition) is 3. The highest BCUT2D eigenvalue weighted by atomic mass is 16.3. The Bertz CT molecular complexity index is 401. The molecule has 2 rings (SSSR count). The summed E-state index contributed by atoms with van der Waals surface area (Å²) >= 11 is 0. The molecular weight excluding hydrogens is 272 g/mol. The fourth-order valence-corrected chi connectivity index (χ4v) is 3.32. The van der Waals surface area contributed by atoms with Crippen molar-refractivity contribution in [2.24, 2.45) is 5.92 Å². The van der Waals surface area contributed by atoms with Gasteiger partial charge in [0.1, 0.15) is 0 Å². The molecule has 2 N–H and O–H groups in total. The van der Waals surface area contributed by atoms with Crippen molar-refractivity contribution in [1.82, 2.24) is 10.2 Å². The van der Waals surface area contributed by atoms with E-state index in [1.54, 1.807) is 0 Å². The molecule has 0 amide bonds. The van der Waals surface area contributed by atoms with Crippen molar-refractivity contribution < 1.29 is 5.11 Å². The molecule has 1 aliphatic rings. The molecule has 0 bridgehead atoms. The molecule has 1 aliphatic heterocycles. The smallest absolute Gasteiger partial charge is 0.0945 e. The lowest BCUT2D eigenvalue weighted by Gasteiger charge is -2.29. The Labute approximate surface area is 135 Å². The van der Waals surface area contributed by atoms with Crippen LogP contribution in [0.25, 0.3) is 0 Å². The average molecular weight is 304 g/mol. The van der Waals surface area contributed by atoms with Gasteiger partial charge in [0.15, 0.2) is 0 Å². The van der Waals surface area contributed by atoms with E-state index in [4.69, 9.17) is 0 Å². The predicted molar refractivity (Wildman–Crippen MR) is 92.9 cm³/mol. The van der Waals surface area contributed by atoms with Gasteiger partial charge >= 0.3 is 0 Å². The van der Waals surface area contributed by atoms with E-state index >= 15 is 0 Å². The lowest BCUT2D eigenvalue weighted by Crippen LogP contribution is -2.41. The summed E-state index contributed by atoms with van der Waals surface area (Å²) in [6.07, 6.45) is 4.83. The van der Waals surface area contributed by atoms with E-state index in [0.29, 0.717) is 5.92 Å². The minimum Gasteiger partial charge on any atom is -0.387 e. The highest BCUT2D eigenvalue weighted by Gasteiger charge is 2.23. The first kappa shape index (κ1) is 17.5. The van der Waals surface area contributed by atoms with Crippen LogP contribution in [0.5, 0.6) is 0 Å². The average Bonchev–Trinajstić information content (AvgIpc) is 2.56. The molecule has 1 fully saturated rings. The maximum Gasteiger partial charge on any atom is 0.0945 e. The van der Waals surface area contributed by atoms with Gasteiger partial charge in [-0.15, -0.1) is 0 Å². The van der Waals surface area contributed by atoms with Crippen LogP contribution in [0.2, 0.25) is 0 Å². The number of piperidine rings is 1. The monoisotopic (exact) mass is 304 g/mol. The van der Waals surface area contributed by atoms with Crippen molar-refractivity contribution in [3.63, 3.8) is 0 Å². The van der Waals surface area contributed by atoms with Crippen molar-refractivity contribution in [3.8, 4) is 0 Å². The molecule has 1 aromatic carbocycles. The van der Waals surface area contributed by atoms with Crippen molar-refractivity contribution in [1.29, 1.82) is 0 Å². The molecule has 0 saturated carbocycles. The number of benzene rings is 1. The SMILES string of the molecule is CC(C)C(NCCCN1CCCCC1)C(O)c1ccccc1. The fourth-order valence-electron chi connectivity index (χ4n) is 3.32. The topological polar surface area (TPSA) is 35.5 Å². The van der Waals surface area contributed by atoms with E-state index in [0.717, 1.165) is 18.5 Å². The Hall–Kier alpha value is -0.900. The van der Waals surface area contributed by atoms with Gasteiger partial charge in [0, 0.05) is 6.04 Å². The van der Waals surface area contributed by atoms with Crippen LogP contribution in [0.4, 0.5) is 0 Å². The van der Waals surface area contributed by atoms with E-state index in [1.165, 1.54) is 38.9 Å². The van der Waals surface area contributed by atoms with Crippen LogP contribution in [0.1, 0.15) is 51.2 Å². The number of hydrogen-bond donors (Lipinski definition) is 2. The highest BCUT2D eigenvalue weighted by Crippen LogP contribution is 2.21. The summed E-state index contributed by atoms with van der Waals surface area (Å²) in [6, 6.07) is 10.1. The van der Waals surface area contributed by atoms with Crippen LogP contribution < -0.4 is 5.32 Å². The van der Waals surface area contributed by atoms with Crippen LogP contribution in [0.3, 0.4) is 0 Å². The second-order valence-electron chi connectivity index (χ2n) is 6.84. The van der Waals surface area contributed by atoms with Gasteiger partial charge in [-0.1, -0.05) is 50.6 Å². The van der Waals surface area contributed by atoms with Crippen LogP contribution in [0, 0.1) is 5.92 Å². The van der Waals surface area contributed by atoms with Gasteiger partial charge in [-0.25, -0.2) is 0 Å². The highest BCUT2D eigenvalue weighted by molar-refractivity contribution is 5.19. The van der Waals surface area contributed by atoms with Gasteiger partial charge in [-0.3, -0.25) is 0 Å². The van der Waals surface area contributed by atoms with Crippen LogP contribution >= 0.6 is 0 Å². The molecule has 2 unspecified atom stereocenters. The van der Waals surface area contributed by atoms with Crippen LogP contribution in [-0.4, -0.2) is 42.2 Å². The third kappa shape index (κ3) is 5.38. The first-order valence-electron chi connectivity index (χ1n) is 8.87. The van der Waals surface area contributed by atoms with Gasteiger partial charge in [0.25, 0.3) is 0 Å². The largest absolute Gasteiger partial charge is 0.387 e. The van der Waals surface area contributed by atoms with Crippen molar-refractivity contribution in [3.05, 3.63) is 35.9 Å². The number of nitrogens with zero attached hydrogens (tertiary/aromatic N) is 1. The van der Waals surface area contributed by atoms with E-state index in [1.807, 2.05) is 30.3 Å². The molecule has 3 heteroatoms. The molecule has 0 aromatic heterocycles. The zero-order chi connectivity index (χ0) is 15.8. The number of aliphatic hydroxyl groups is 1. The van der Waals surface area contributed by atoms with E-state index in [-0.39, 0.29) is 6.04 Å². The Morgan fingerprint density at radius 2 is 1.77 bits per heavy atom. The maximum atomic E-state index is 10.6. The van der Waals surface area contributed by atoms with Gasteiger partial charge in [0.05, 0.1) is 6.10 Å². The summed E-state index contributed by atoms with van der Waals surface area (Å²) in [5.74, 6) is 0.408. The van der Waals surface area contributed by atoms with E-state index in [9.17, 15) is 5.11 Å². The quantitative estimate of drug-likeness (QED) is 0.724. The standard InChI is InChI=1S/C19H32N2O/c1-16(2)18(19(22)17-10-5-3-6-11-17)20-12-9-15-21-13-7-4-8-14-21/h3,5-6,10-11,16,18-20,22H,4,7-9,12-15H2,1-2H3. The number of nitrogens with one attached hydrogen (secondary N) is 1. The van der Waals surface area contributed by atoms with Gasteiger partial charge in [-0.05, 0) is 56.9 Å². The second kappa shape index (κ2) is 9.29. The van der Waals surface area contributed by atoms with Crippen molar-refractivity contribution in [2.75, 3.05) is 26.2 Å². The van der Waals surface area contributed by atoms with Crippen LogP contribution in [-0.2, 0) is 0 Å². The zero-order valence-electron chi connectivity index (χ0n) is 14.2. The zero-order valence-corrected chi connectivity index (χ0v) is 14.2. The minimum absolute atomic E-state index is 0.115.